The molecule has 110 valence electrons. The van der Waals surface area contributed by atoms with E-state index in [4.69, 9.17) is 9.84 Å². The molecule has 0 aromatic heterocycles. The highest BCUT2D eigenvalue weighted by molar-refractivity contribution is 5.79. The monoisotopic (exact) mass is 271 g/mol. The Bertz CT molecular complexity index is 298. The van der Waals surface area contributed by atoms with Crippen molar-refractivity contribution in [2.24, 2.45) is 11.8 Å². The lowest BCUT2D eigenvalue weighted by molar-refractivity contribution is -0.139. The zero-order valence-electron chi connectivity index (χ0n) is 11.9. The summed E-state index contributed by atoms with van der Waals surface area (Å²) in [4.78, 5) is 22.6. The Hall–Kier alpha value is -1.26. The van der Waals surface area contributed by atoms with Gasteiger partial charge < -0.3 is 15.2 Å². The molecule has 19 heavy (non-hydrogen) atoms. The molecular formula is C14H25NO4. The van der Waals surface area contributed by atoms with E-state index in [-0.39, 0.29) is 0 Å². The third-order valence-electron chi connectivity index (χ3n) is 3.55. The molecule has 1 aliphatic rings. The molecule has 5 nitrogen and oxygen atoms in total. The van der Waals surface area contributed by atoms with Crippen LogP contribution in [0.5, 0.6) is 0 Å². The first-order valence-corrected chi connectivity index (χ1v) is 7.15. The molecule has 1 rings (SSSR count). The van der Waals surface area contributed by atoms with E-state index >= 15 is 0 Å². The fourth-order valence-electron chi connectivity index (χ4n) is 2.31. The Morgan fingerprint density at radius 3 is 2.42 bits per heavy atom. The summed E-state index contributed by atoms with van der Waals surface area (Å²) in [5.74, 6) is -0.138. The molecule has 1 fully saturated rings. The quantitative estimate of drug-likeness (QED) is 0.746. The molecule has 0 saturated heterocycles. The normalized spacial score (nSPS) is 17.4. The number of amides is 1. The smallest absolute Gasteiger partial charge is 0.407 e. The summed E-state index contributed by atoms with van der Waals surface area (Å²) in [5.41, 5.74) is 0. The molecule has 0 heterocycles. The fourth-order valence-corrected chi connectivity index (χ4v) is 2.31. The van der Waals surface area contributed by atoms with E-state index in [9.17, 15) is 9.59 Å². The molecule has 1 atom stereocenters. The van der Waals surface area contributed by atoms with Gasteiger partial charge in [0.05, 0.1) is 6.61 Å². The number of aliphatic carboxylic acids is 1. The molecule has 0 unspecified atom stereocenters. The van der Waals surface area contributed by atoms with Gasteiger partial charge in [0, 0.05) is 0 Å². The Labute approximate surface area is 114 Å². The average molecular weight is 271 g/mol. The predicted molar refractivity (Wildman–Crippen MR) is 71.9 cm³/mol. The lowest BCUT2D eigenvalue weighted by atomic mass is 10.0. The topological polar surface area (TPSA) is 75.6 Å². The number of alkyl carbamates (subject to hydrolysis) is 1. The zero-order valence-corrected chi connectivity index (χ0v) is 11.9. The van der Waals surface area contributed by atoms with Crippen molar-refractivity contribution in [2.45, 2.75) is 58.4 Å². The van der Waals surface area contributed by atoms with Crippen LogP contribution in [0.15, 0.2) is 0 Å². The number of carbonyl (C=O) groups excluding carboxylic acids is 1. The van der Waals surface area contributed by atoms with Crippen molar-refractivity contribution in [1.82, 2.24) is 5.32 Å². The van der Waals surface area contributed by atoms with Gasteiger partial charge in [0.1, 0.15) is 6.04 Å². The van der Waals surface area contributed by atoms with E-state index in [1.165, 1.54) is 12.8 Å². The predicted octanol–water partition coefficient (Wildman–Crippen LogP) is 2.79. The van der Waals surface area contributed by atoms with Gasteiger partial charge in [-0.25, -0.2) is 9.59 Å². The third-order valence-corrected chi connectivity index (χ3v) is 3.55. The van der Waals surface area contributed by atoms with Crippen LogP contribution < -0.4 is 5.32 Å². The molecule has 5 heteroatoms. The van der Waals surface area contributed by atoms with Gasteiger partial charge in [-0.2, -0.15) is 0 Å². The molecule has 0 bridgehead atoms. The molecule has 0 aromatic carbocycles. The van der Waals surface area contributed by atoms with E-state index in [2.05, 4.69) is 5.32 Å². The fraction of sp³-hybridized carbons (Fsp3) is 0.857. The second kappa shape index (κ2) is 8.02. The van der Waals surface area contributed by atoms with Crippen molar-refractivity contribution in [2.75, 3.05) is 6.61 Å². The van der Waals surface area contributed by atoms with Crippen molar-refractivity contribution in [3.8, 4) is 0 Å². The molecule has 0 aliphatic heterocycles. The van der Waals surface area contributed by atoms with Gasteiger partial charge in [-0.15, -0.1) is 0 Å². The number of nitrogens with one attached hydrogen (secondary N) is 1. The van der Waals surface area contributed by atoms with E-state index < -0.39 is 18.1 Å². The average Bonchev–Trinajstić information content (AvgIpc) is 2.84. The van der Waals surface area contributed by atoms with Crippen LogP contribution in [0.3, 0.4) is 0 Å². The van der Waals surface area contributed by atoms with E-state index in [0.29, 0.717) is 24.9 Å². The van der Waals surface area contributed by atoms with Gasteiger partial charge in [-0.1, -0.05) is 26.7 Å². The first kappa shape index (κ1) is 15.8. The van der Waals surface area contributed by atoms with Crippen molar-refractivity contribution < 1.29 is 19.4 Å². The molecule has 1 aliphatic carbocycles. The number of hydrogen-bond acceptors (Lipinski definition) is 3. The zero-order chi connectivity index (χ0) is 14.3. The molecule has 0 radical (unpaired) electrons. The van der Waals surface area contributed by atoms with Gasteiger partial charge in [0.25, 0.3) is 0 Å². The second-order valence-electron chi connectivity index (χ2n) is 5.76. The van der Waals surface area contributed by atoms with Crippen LogP contribution in [0.2, 0.25) is 0 Å². The van der Waals surface area contributed by atoms with Crippen LogP contribution in [0, 0.1) is 11.8 Å². The Balaban J connectivity index is 2.27. The standard InChI is InChI=1S/C14H25NO4/c1-10(2)7-8-12(13(16)17)15-14(18)19-9-11-5-3-4-6-11/h10-12H,3-9H2,1-2H3,(H,15,18)(H,16,17)/t12-/m1/s1. The Morgan fingerprint density at radius 1 is 1.26 bits per heavy atom. The summed E-state index contributed by atoms with van der Waals surface area (Å²) in [6, 6.07) is -0.849. The lowest BCUT2D eigenvalue weighted by Gasteiger charge is -2.16. The van der Waals surface area contributed by atoms with Crippen LogP contribution in [0.4, 0.5) is 4.79 Å². The third kappa shape index (κ3) is 6.45. The van der Waals surface area contributed by atoms with Crippen LogP contribution in [-0.4, -0.2) is 29.8 Å². The van der Waals surface area contributed by atoms with Crippen LogP contribution in [0.25, 0.3) is 0 Å². The maximum Gasteiger partial charge on any atom is 0.407 e. The maximum atomic E-state index is 11.6. The van der Waals surface area contributed by atoms with Crippen molar-refractivity contribution in [3.05, 3.63) is 0 Å². The molecule has 0 spiro atoms. The van der Waals surface area contributed by atoms with Crippen molar-refractivity contribution in [3.63, 3.8) is 0 Å². The molecule has 1 saturated carbocycles. The van der Waals surface area contributed by atoms with Crippen LogP contribution in [0.1, 0.15) is 52.4 Å². The first-order chi connectivity index (χ1) is 8.99. The number of rotatable bonds is 7. The number of hydrogen-bond donors (Lipinski definition) is 2. The summed E-state index contributed by atoms with van der Waals surface area (Å²) in [6.07, 6.45) is 5.18. The SMILES string of the molecule is CC(C)CC[C@@H](NC(=O)OCC1CCCC1)C(=O)O. The summed E-state index contributed by atoms with van der Waals surface area (Å²) in [5, 5.41) is 11.5. The lowest BCUT2D eigenvalue weighted by Crippen LogP contribution is -2.41. The largest absolute Gasteiger partial charge is 0.480 e. The van der Waals surface area contributed by atoms with E-state index in [1.807, 2.05) is 13.8 Å². The van der Waals surface area contributed by atoms with Gasteiger partial charge >= 0.3 is 12.1 Å². The summed E-state index contributed by atoms with van der Waals surface area (Å²) < 4.78 is 5.10. The molecule has 2 N–H and O–H groups in total. The Kier molecular flexibility index (Phi) is 6.67. The van der Waals surface area contributed by atoms with E-state index in [1.54, 1.807) is 0 Å². The highest BCUT2D eigenvalue weighted by atomic mass is 16.5. The minimum atomic E-state index is -1.00. The minimum Gasteiger partial charge on any atom is -0.480 e. The van der Waals surface area contributed by atoms with Gasteiger partial charge in [0.2, 0.25) is 0 Å². The summed E-state index contributed by atoms with van der Waals surface area (Å²) >= 11 is 0. The van der Waals surface area contributed by atoms with Crippen molar-refractivity contribution in [1.29, 1.82) is 0 Å². The van der Waals surface area contributed by atoms with Gasteiger partial charge in [-0.05, 0) is 37.5 Å². The Morgan fingerprint density at radius 2 is 1.89 bits per heavy atom. The molecule has 1 amide bonds. The number of carboxylic acid groups (broad SMARTS) is 1. The van der Waals surface area contributed by atoms with Crippen LogP contribution in [-0.2, 0) is 9.53 Å². The van der Waals surface area contributed by atoms with Gasteiger partial charge in [-0.3, -0.25) is 0 Å². The maximum absolute atomic E-state index is 11.6. The highest BCUT2D eigenvalue weighted by Crippen LogP contribution is 2.24. The second-order valence-corrected chi connectivity index (χ2v) is 5.76. The summed E-state index contributed by atoms with van der Waals surface area (Å²) in [7, 11) is 0. The molecule has 0 aromatic rings. The molecular weight excluding hydrogens is 246 g/mol. The number of ether oxygens (including phenoxy) is 1. The number of carboxylic acids is 1. The first-order valence-electron chi connectivity index (χ1n) is 7.15. The summed E-state index contributed by atoms with van der Waals surface area (Å²) in [6.45, 7) is 4.46. The minimum absolute atomic E-state index is 0.405. The van der Waals surface area contributed by atoms with Crippen LogP contribution >= 0.6 is 0 Å². The number of carbonyl (C=O) groups is 2. The van der Waals surface area contributed by atoms with E-state index in [0.717, 1.165) is 19.3 Å². The van der Waals surface area contributed by atoms with Gasteiger partial charge in [0.15, 0.2) is 0 Å². The highest BCUT2D eigenvalue weighted by Gasteiger charge is 2.22. The van der Waals surface area contributed by atoms with Crippen molar-refractivity contribution >= 4 is 12.1 Å².